The highest BCUT2D eigenvalue weighted by atomic mass is 16.1. The Balaban J connectivity index is 1.82. The number of hydrogen-bond acceptors (Lipinski definition) is 4. The second kappa shape index (κ2) is 6.50. The fourth-order valence-corrected chi connectivity index (χ4v) is 3.33. The molecule has 6 nitrogen and oxygen atoms in total. The minimum Gasteiger partial charge on any atom is -0.363 e. The predicted molar refractivity (Wildman–Crippen MR) is 98.9 cm³/mol. The normalized spacial score (nSPS) is 17.1. The van der Waals surface area contributed by atoms with Crippen molar-refractivity contribution < 1.29 is 4.79 Å². The molecule has 25 heavy (non-hydrogen) atoms. The third-order valence-electron chi connectivity index (χ3n) is 4.59. The maximum atomic E-state index is 12.7. The van der Waals surface area contributed by atoms with Crippen LogP contribution in [0.4, 0.5) is 5.82 Å². The Kier molecular flexibility index (Phi) is 4.54. The molecule has 0 saturated heterocycles. The van der Waals surface area contributed by atoms with Crippen molar-refractivity contribution in [3.8, 4) is 0 Å². The first-order valence-electron chi connectivity index (χ1n) is 8.79. The van der Waals surface area contributed by atoms with Crippen LogP contribution in [-0.4, -0.2) is 34.8 Å². The molecule has 1 N–H and O–H groups in total. The zero-order valence-corrected chi connectivity index (χ0v) is 15.7. The highest BCUT2D eigenvalue weighted by Crippen LogP contribution is 2.32. The van der Waals surface area contributed by atoms with Gasteiger partial charge < -0.3 is 10.2 Å². The second-order valence-electron chi connectivity index (χ2n) is 7.84. The summed E-state index contributed by atoms with van der Waals surface area (Å²) in [7, 11) is 3.83. The van der Waals surface area contributed by atoms with Crippen molar-refractivity contribution in [1.82, 2.24) is 20.1 Å². The van der Waals surface area contributed by atoms with Crippen LogP contribution in [-0.2, 0) is 12.0 Å². The van der Waals surface area contributed by atoms with Gasteiger partial charge in [0, 0.05) is 37.1 Å². The van der Waals surface area contributed by atoms with Crippen LogP contribution in [0.1, 0.15) is 61.3 Å². The number of nitrogens with zero attached hydrogens (tertiary/aromatic N) is 4. The maximum absolute atomic E-state index is 12.7. The lowest BCUT2D eigenvalue weighted by Gasteiger charge is -2.28. The van der Waals surface area contributed by atoms with Gasteiger partial charge in [0.05, 0.1) is 17.8 Å². The molecule has 0 saturated carbocycles. The lowest BCUT2D eigenvalue weighted by Crippen LogP contribution is -2.32. The predicted octanol–water partition coefficient (Wildman–Crippen LogP) is 2.91. The first-order chi connectivity index (χ1) is 11.8. The molecule has 1 aliphatic rings. The SMILES string of the molecule is CN(C)c1cc(C(=O)N[C@H]2CCCc3c2cnn3C(C)(C)C)ccn1. The van der Waals surface area contributed by atoms with Gasteiger partial charge in [0.15, 0.2) is 0 Å². The lowest BCUT2D eigenvalue weighted by molar-refractivity contribution is 0.0932. The summed E-state index contributed by atoms with van der Waals surface area (Å²) in [4.78, 5) is 18.9. The summed E-state index contributed by atoms with van der Waals surface area (Å²) in [6, 6.07) is 3.59. The quantitative estimate of drug-likeness (QED) is 0.932. The van der Waals surface area contributed by atoms with E-state index < -0.39 is 0 Å². The van der Waals surface area contributed by atoms with E-state index in [1.807, 2.05) is 31.3 Å². The molecular formula is C19H27N5O. The molecule has 0 fully saturated rings. The second-order valence-corrected chi connectivity index (χ2v) is 7.84. The first kappa shape index (κ1) is 17.5. The van der Waals surface area contributed by atoms with Gasteiger partial charge in [0.1, 0.15) is 5.82 Å². The van der Waals surface area contributed by atoms with Crippen molar-refractivity contribution in [2.24, 2.45) is 0 Å². The third-order valence-corrected chi connectivity index (χ3v) is 4.59. The summed E-state index contributed by atoms with van der Waals surface area (Å²) in [5, 5.41) is 7.77. The van der Waals surface area contributed by atoms with Crippen LogP contribution in [0.15, 0.2) is 24.5 Å². The molecule has 1 amide bonds. The summed E-state index contributed by atoms with van der Waals surface area (Å²) < 4.78 is 2.09. The number of nitrogens with one attached hydrogen (secondary N) is 1. The molecule has 6 heteroatoms. The molecular weight excluding hydrogens is 314 g/mol. The highest BCUT2D eigenvalue weighted by molar-refractivity contribution is 5.95. The van der Waals surface area contributed by atoms with Crippen molar-refractivity contribution in [2.45, 2.75) is 51.6 Å². The molecule has 2 aromatic rings. The molecule has 3 rings (SSSR count). The Labute approximate surface area is 149 Å². The van der Waals surface area contributed by atoms with E-state index in [-0.39, 0.29) is 17.5 Å². The van der Waals surface area contributed by atoms with Crippen molar-refractivity contribution in [3.05, 3.63) is 41.3 Å². The van der Waals surface area contributed by atoms with Gasteiger partial charge in [0.25, 0.3) is 5.91 Å². The summed E-state index contributed by atoms with van der Waals surface area (Å²) in [5.41, 5.74) is 2.98. The van der Waals surface area contributed by atoms with Gasteiger partial charge in [-0.3, -0.25) is 9.48 Å². The fraction of sp³-hybridized carbons (Fsp3) is 0.526. The average molecular weight is 341 g/mol. The number of fused-ring (bicyclic) bond motifs is 1. The molecule has 1 atom stereocenters. The van der Waals surface area contributed by atoms with Gasteiger partial charge in [-0.15, -0.1) is 0 Å². The summed E-state index contributed by atoms with van der Waals surface area (Å²) >= 11 is 0. The molecule has 134 valence electrons. The number of amides is 1. The Morgan fingerprint density at radius 3 is 2.80 bits per heavy atom. The number of rotatable bonds is 3. The monoisotopic (exact) mass is 341 g/mol. The Hall–Kier alpha value is -2.37. The van der Waals surface area contributed by atoms with Crippen LogP contribution in [0.2, 0.25) is 0 Å². The molecule has 0 aromatic carbocycles. The molecule has 0 aliphatic heterocycles. The minimum atomic E-state index is -0.0631. The summed E-state index contributed by atoms with van der Waals surface area (Å²) in [5.74, 6) is 0.712. The van der Waals surface area contributed by atoms with Gasteiger partial charge >= 0.3 is 0 Å². The molecule has 1 aliphatic carbocycles. The van der Waals surface area contributed by atoms with E-state index in [1.165, 1.54) is 5.69 Å². The van der Waals surface area contributed by atoms with E-state index in [4.69, 9.17) is 0 Å². The number of aromatic nitrogens is 3. The number of hydrogen-bond donors (Lipinski definition) is 1. The van der Waals surface area contributed by atoms with Crippen molar-refractivity contribution >= 4 is 11.7 Å². The minimum absolute atomic E-state index is 0.0170. The first-order valence-corrected chi connectivity index (χ1v) is 8.79. The number of carbonyl (C=O) groups excluding carboxylic acids is 1. The molecule has 0 spiro atoms. The van der Waals surface area contributed by atoms with E-state index in [2.05, 4.69) is 40.9 Å². The molecule has 2 aromatic heterocycles. The average Bonchev–Trinajstić information content (AvgIpc) is 3.00. The van der Waals surface area contributed by atoms with Crippen LogP contribution in [0.5, 0.6) is 0 Å². The van der Waals surface area contributed by atoms with E-state index in [0.29, 0.717) is 5.56 Å². The van der Waals surface area contributed by atoms with Gasteiger partial charge in [-0.25, -0.2) is 4.98 Å². The van der Waals surface area contributed by atoms with Crippen LogP contribution in [0.25, 0.3) is 0 Å². The van der Waals surface area contributed by atoms with Crippen LogP contribution >= 0.6 is 0 Å². The zero-order valence-electron chi connectivity index (χ0n) is 15.7. The topological polar surface area (TPSA) is 63.1 Å². The van der Waals surface area contributed by atoms with Crippen molar-refractivity contribution in [2.75, 3.05) is 19.0 Å². The van der Waals surface area contributed by atoms with Crippen LogP contribution in [0.3, 0.4) is 0 Å². The number of pyridine rings is 1. The third kappa shape index (κ3) is 3.52. The Bertz CT molecular complexity index is 772. The van der Waals surface area contributed by atoms with Gasteiger partial charge in [0.2, 0.25) is 0 Å². The largest absolute Gasteiger partial charge is 0.363 e. The van der Waals surface area contributed by atoms with E-state index in [9.17, 15) is 4.79 Å². The van der Waals surface area contributed by atoms with E-state index in [1.54, 1.807) is 12.3 Å². The molecule has 0 bridgehead atoms. The van der Waals surface area contributed by atoms with Gasteiger partial charge in [-0.2, -0.15) is 5.10 Å². The highest BCUT2D eigenvalue weighted by Gasteiger charge is 2.29. The van der Waals surface area contributed by atoms with Crippen molar-refractivity contribution in [3.63, 3.8) is 0 Å². The Morgan fingerprint density at radius 2 is 2.12 bits per heavy atom. The van der Waals surface area contributed by atoms with Gasteiger partial charge in [-0.1, -0.05) is 0 Å². The van der Waals surface area contributed by atoms with Crippen LogP contribution < -0.4 is 10.2 Å². The zero-order chi connectivity index (χ0) is 18.2. The fourth-order valence-electron chi connectivity index (χ4n) is 3.33. The molecule has 2 heterocycles. The number of anilines is 1. The lowest BCUT2D eigenvalue weighted by atomic mass is 9.92. The smallest absolute Gasteiger partial charge is 0.251 e. The molecule has 0 radical (unpaired) electrons. The van der Waals surface area contributed by atoms with Crippen LogP contribution in [0, 0.1) is 0 Å². The summed E-state index contributed by atoms with van der Waals surface area (Å²) in [6.07, 6.45) is 6.61. The van der Waals surface area contributed by atoms with E-state index in [0.717, 1.165) is 30.6 Å². The Morgan fingerprint density at radius 1 is 1.36 bits per heavy atom. The molecule has 0 unspecified atom stereocenters. The maximum Gasteiger partial charge on any atom is 0.251 e. The van der Waals surface area contributed by atoms with E-state index >= 15 is 0 Å². The number of carbonyl (C=O) groups is 1. The van der Waals surface area contributed by atoms with Crippen molar-refractivity contribution in [1.29, 1.82) is 0 Å². The summed E-state index contributed by atoms with van der Waals surface area (Å²) in [6.45, 7) is 6.46. The standard InChI is InChI=1S/C19H27N5O/c1-19(2,3)24-16-8-6-7-15(14(16)12-21-24)22-18(25)13-9-10-20-17(11-13)23(4)5/h9-12,15H,6-8H2,1-5H3,(H,22,25)/t15-/m0/s1. The van der Waals surface area contributed by atoms with Gasteiger partial charge in [-0.05, 0) is 52.2 Å².